The number of hydrogen-bond donors (Lipinski definition) is 1. The van der Waals surface area contributed by atoms with E-state index in [9.17, 15) is 4.79 Å². The van der Waals surface area contributed by atoms with E-state index in [1.807, 2.05) is 47.0 Å². The normalized spacial score (nSPS) is 15.5. The molecule has 0 spiro atoms. The molecule has 28 heavy (non-hydrogen) atoms. The monoisotopic (exact) mass is 379 g/mol. The standard InChI is InChI=1S/C21H21N3O4/c1-26-14-7-4-6-13(10-14)24-12-22-19-16(11-18(25)23-21(19)24)15-8-5-9-17(27-2)20(15)28-3/h4-10,12,16H,11H2,1-3H3,(H,23,25)/t16-/m1/s1. The number of rotatable bonds is 5. The van der Waals surface area contributed by atoms with Crippen LogP contribution in [-0.2, 0) is 4.79 Å². The predicted octanol–water partition coefficient (Wildman–Crippen LogP) is 3.37. The number of methoxy groups -OCH3 is 3. The number of nitrogens with zero attached hydrogens (tertiary/aromatic N) is 2. The summed E-state index contributed by atoms with van der Waals surface area (Å²) in [6.07, 6.45) is 2.00. The highest BCUT2D eigenvalue weighted by molar-refractivity contribution is 5.94. The molecule has 2 aromatic carbocycles. The van der Waals surface area contributed by atoms with Crippen LogP contribution in [0.25, 0.3) is 5.69 Å². The van der Waals surface area contributed by atoms with E-state index in [2.05, 4.69) is 10.3 Å². The smallest absolute Gasteiger partial charge is 0.226 e. The fourth-order valence-corrected chi connectivity index (χ4v) is 3.61. The molecule has 7 heteroatoms. The molecule has 1 aromatic heterocycles. The molecule has 0 aliphatic carbocycles. The zero-order valence-electron chi connectivity index (χ0n) is 15.9. The van der Waals surface area contributed by atoms with Crippen molar-refractivity contribution in [3.05, 3.63) is 60.0 Å². The van der Waals surface area contributed by atoms with Crippen molar-refractivity contribution in [3.8, 4) is 22.9 Å². The SMILES string of the molecule is COc1cccc(-n2cnc3c2NC(=O)C[C@@H]3c2cccc(OC)c2OC)c1. The van der Waals surface area contributed by atoms with Crippen molar-refractivity contribution in [2.24, 2.45) is 0 Å². The second kappa shape index (κ2) is 7.26. The molecule has 0 fully saturated rings. The van der Waals surface area contributed by atoms with Gasteiger partial charge in [-0.2, -0.15) is 0 Å². The summed E-state index contributed by atoms with van der Waals surface area (Å²) in [6.45, 7) is 0. The summed E-state index contributed by atoms with van der Waals surface area (Å²) < 4.78 is 18.2. The fraction of sp³-hybridized carbons (Fsp3) is 0.238. The largest absolute Gasteiger partial charge is 0.497 e. The zero-order chi connectivity index (χ0) is 19.7. The van der Waals surface area contributed by atoms with Gasteiger partial charge in [-0.25, -0.2) is 4.98 Å². The molecular weight excluding hydrogens is 358 g/mol. The number of anilines is 1. The van der Waals surface area contributed by atoms with E-state index in [0.717, 1.165) is 22.7 Å². The molecule has 3 aromatic rings. The van der Waals surface area contributed by atoms with Crippen molar-refractivity contribution in [1.29, 1.82) is 0 Å². The molecule has 0 radical (unpaired) electrons. The highest BCUT2D eigenvalue weighted by atomic mass is 16.5. The van der Waals surface area contributed by atoms with Gasteiger partial charge in [0.15, 0.2) is 11.5 Å². The molecule has 1 amide bonds. The summed E-state index contributed by atoms with van der Waals surface area (Å²) >= 11 is 0. The van der Waals surface area contributed by atoms with Crippen LogP contribution in [0.2, 0.25) is 0 Å². The van der Waals surface area contributed by atoms with Gasteiger partial charge in [0, 0.05) is 24.0 Å². The topological polar surface area (TPSA) is 74.6 Å². The number of imidazole rings is 1. The Hall–Kier alpha value is -3.48. The van der Waals surface area contributed by atoms with Crippen LogP contribution in [0.1, 0.15) is 23.6 Å². The Kier molecular flexibility index (Phi) is 4.65. The van der Waals surface area contributed by atoms with E-state index >= 15 is 0 Å². The molecular formula is C21H21N3O4. The van der Waals surface area contributed by atoms with Crippen LogP contribution in [0.4, 0.5) is 5.82 Å². The van der Waals surface area contributed by atoms with Gasteiger partial charge in [0.1, 0.15) is 17.9 Å². The number of carbonyl (C=O) groups excluding carboxylic acids is 1. The fourth-order valence-electron chi connectivity index (χ4n) is 3.61. The Morgan fingerprint density at radius 3 is 2.64 bits per heavy atom. The van der Waals surface area contributed by atoms with E-state index in [1.165, 1.54) is 0 Å². The van der Waals surface area contributed by atoms with Crippen molar-refractivity contribution in [2.75, 3.05) is 26.6 Å². The molecule has 1 atom stereocenters. The first-order chi connectivity index (χ1) is 13.7. The van der Waals surface area contributed by atoms with E-state index < -0.39 is 0 Å². The van der Waals surface area contributed by atoms with Gasteiger partial charge in [-0.3, -0.25) is 9.36 Å². The summed E-state index contributed by atoms with van der Waals surface area (Å²) in [5, 5.41) is 2.96. The second-order valence-corrected chi connectivity index (χ2v) is 6.44. The number of amides is 1. The Labute approximate surface area is 162 Å². The zero-order valence-corrected chi connectivity index (χ0v) is 15.9. The van der Waals surface area contributed by atoms with Crippen molar-refractivity contribution in [3.63, 3.8) is 0 Å². The van der Waals surface area contributed by atoms with Gasteiger partial charge < -0.3 is 19.5 Å². The number of carbonyl (C=O) groups is 1. The first-order valence-electron chi connectivity index (χ1n) is 8.88. The molecule has 4 rings (SSSR count). The first-order valence-corrected chi connectivity index (χ1v) is 8.88. The van der Waals surface area contributed by atoms with Gasteiger partial charge in [0.2, 0.25) is 5.91 Å². The molecule has 2 heterocycles. The van der Waals surface area contributed by atoms with E-state index in [-0.39, 0.29) is 18.2 Å². The van der Waals surface area contributed by atoms with Gasteiger partial charge in [0.25, 0.3) is 0 Å². The third-order valence-corrected chi connectivity index (χ3v) is 4.91. The van der Waals surface area contributed by atoms with Gasteiger partial charge in [-0.05, 0) is 18.2 Å². The minimum atomic E-state index is -0.236. The summed E-state index contributed by atoms with van der Waals surface area (Å²) in [5.41, 5.74) is 2.51. The summed E-state index contributed by atoms with van der Waals surface area (Å²) in [6, 6.07) is 13.3. The van der Waals surface area contributed by atoms with Gasteiger partial charge in [-0.15, -0.1) is 0 Å². The Balaban J connectivity index is 1.84. The number of ether oxygens (including phenoxy) is 3. The lowest BCUT2D eigenvalue weighted by Crippen LogP contribution is -2.25. The minimum absolute atomic E-state index is 0.0768. The molecule has 0 unspecified atom stereocenters. The number of fused-ring (bicyclic) bond motifs is 1. The van der Waals surface area contributed by atoms with Crippen LogP contribution in [0.3, 0.4) is 0 Å². The number of benzene rings is 2. The van der Waals surface area contributed by atoms with Crippen LogP contribution < -0.4 is 19.5 Å². The molecule has 1 aliphatic heterocycles. The van der Waals surface area contributed by atoms with E-state index in [1.54, 1.807) is 27.7 Å². The minimum Gasteiger partial charge on any atom is -0.497 e. The highest BCUT2D eigenvalue weighted by Gasteiger charge is 2.33. The molecule has 144 valence electrons. The Morgan fingerprint density at radius 2 is 1.89 bits per heavy atom. The first kappa shape index (κ1) is 17.9. The summed E-state index contributed by atoms with van der Waals surface area (Å²) in [5.74, 6) is 2.31. The number of aromatic nitrogens is 2. The van der Waals surface area contributed by atoms with Crippen molar-refractivity contribution in [2.45, 2.75) is 12.3 Å². The van der Waals surface area contributed by atoms with Crippen molar-refractivity contribution in [1.82, 2.24) is 9.55 Å². The number of hydrogen-bond acceptors (Lipinski definition) is 5. The molecule has 7 nitrogen and oxygen atoms in total. The number of nitrogens with one attached hydrogen (secondary N) is 1. The third-order valence-electron chi connectivity index (χ3n) is 4.91. The average molecular weight is 379 g/mol. The Bertz CT molecular complexity index is 1030. The molecule has 0 bridgehead atoms. The maximum absolute atomic E-state index is 12.5. The lowest BCUT2D eigenvalue weighted by Gasteiger charge is -2.25. The predicted molar refractivity (Wildman–Crippen MR) is 105 cm³/mol. The van der Waals surface area contributed by atoms with E-state index in [4.69, 9.17) is 14.2 Å². The molecule has 0 saturated heterocycles. The lowest BCUT2D eigenvalue weighted by molar-refractivity contribution is -0.116. The lowest BCUT2D eigenvalue weighted by atomic mass is 9.89. The Morgan fingerprint density at radius 1 is 1.07 bits per heavy atom. The van der Waals surface area contributed by atoms with Crippen LogP contribution >= 0.6 is 0 Å². The molecule has 1 N–H and O–H groups in total. The summed E-state index contributed by atoms with van der Waals surface area (Å²) in [7, 11) is 4.81. The van der Waals surface area contributed by atoms with E-state index in [0.29, 0.717) is 17.3 Å². The van der Waals surface area contributed by atoms with Crippen LogP contribution in [0.5, 0.6) is 17.2 Å². The molecule has 1 aliphatic rings. The van der Waals surface area contributed by atoms with Crippen LogP contribution in [0, 0.1) is 0 Å². The van der Waals surface area contributed by atoms with Gasteiger partial charge >= 0.3 is 0 Å². The summed E-state index contributed by atoms with van der Waals surface area (Å²) in [4.78, 5) is 17.1. The van der Waals surface area contributed by atoms with Gasteiger partial charge in [0.05, 0.1) is 32.7 Å². The third kappa shape index (κ3) is 2.94. The maximum Gasteiger partial charge on any atom is 0.226 e. The molecule has 0 saturated carbocycles. The quantitative estimate of drug-likeness (QED) is 0.736. The van der Waals surface area contributed by atoms with Crippen LogP contribution in [0.15, 0.2) is 48.8 Å². The number of para-hydroxylation sites is 1. The maximum atomic E-state index is 12.5. The van der Waals surface area contributed by atoms with Crippen molar-refractivity contribution < 1.29 is 19.0 Å². The second-order valence-electron chi connectivity index (χ2n) is 6.44. The van der Waals surface area contributed by atoms with Crippen molar-refractivity contribution >= 4 is 11.7 Å². The average Bonchev–Trinajstić information content (AvgIpc) is 3.16. The van der Waals surface area contributed by atoms with Crippen LogP contribution in [-0.4, -0.2) is 36.8 Å². The van der Waals surface area contributed by atoms with Gasteiger partial charge in [-0.1, -0.05) is 18.2 Å². The highest BCUT2D eigenvalue weighted by Crippen LogP contribution is 2.43.